The molecule has 4 aromatic rings. The van der Waals surface area contributed by atoms with Gasteiger partial charge in [0.25, 0.3) is 11.8 Å². The maximum Gasteiger partial charge on any atom is 0.417 e. The third-order valence-corrected chi connectivity index (χ3v) is 8.96. The molecule has 3 aromatic carbocycles. The topological polar surface area (TPSA) is 132 Å². The van der Waals surface area contributed by atoms with E-state index in [0.717, 1.165) is 67.6 Å². The van der Waals surface area contributed by atoms with Crippen molar-refractivity contribution in [1.29, 1.82) is 0 Å². The van der Waals surface area contributed by atoms with E-state index in [4.69, 9.17) is 37.4 Å². The predicted molar refractivity (Wildman–Crippen MR) is 204 cm³/mol. The van der Waals surface area contributed by atoms with Gasteiger partial charge < -0.3 is 24.4 Å². The summed E-state index contributed by atoms with van der Waals surface area (Å²) in [5, 5.41) is 14.7. The lowest BCUT2D eigenvalue weighted by molar-refractivity contribution is -0.137. The number of hydrogen-bond donors (Lipinski definition) is 2. The van der Waals surface area contributed by atoms with Crippen molar-refractivity contribution in [1.82, 2.24) is 20.4 Å². The van der Waals surface area contributed by atoms with E-state index in [2.05, 4.69) is 31.1 Å². The van der Waals surface area contributed by atoms with Gasteiger partial charge in [-0.1, -0.05) is 35.0 Å². The maximum absolute atomic E-state index is 13.5. The number of nitrogens with one attached hydrogen (secondary N) is 2. The molecule has 55 heavy (non-hydrogen) atoms. The molecule has 5 rings (SSSR count). The lowest BCUT2D eigenvalue weighted by Crippen LogP contribution is -2.30. The van der Waals surface area contributed by atoms with Gasteiger partial charge in [-0.25, -0.2) is 10.1 Å². The number of nitrogens with zero attached hydrogens (tertiary/aromatic N) is 5. The molecule has 1 aromatic heterocycles. The van der Waals surface area contributed by atoms with Crippen LogP contribution in [0.5, 0.6) is 0 Å². The number of hydrazone groups is 1. The van der Waals surface area contributed by atoms with Gasteiger partial charge in [0.2, 0.25) is 0 Å². The smallest absolute Gasteiger partial charge is 0.379 e. The number of rotatable bonds is 19. The summed E-state index contributed by atoms with van der Waals surface area (Å²) in [4.78, 5) is 29.2. The van der Waals surface area contributed by atoms with Crippen molar-refractivity contribution in [3.63, 3.8) is 0 Å². The number of hydrogen-bond acceptors (Lipinski definition) is 9. The number of amides is 2. The second-order valence-corrected chi connectivity index (χ2v) is 13.3. The number of halogens is 5. The summed E-state index contributed by atoms with van der Waals surface area (Å²) >= 11 is 11.3. The summed E-state index contributed by atoms with van der Waals surface area (Å²) < 4.78 is 58.0. The fourth-order valence-corrected chi connectivity index (χ4v) is 6.07. The quantitative estimate of drug-likeness (QED) is 0.0457. The van der Waals surface area contributed by atoms with Crippen molar-refractivity contribution in [3.05, 3.63) is 105 Å². The molecule has 0 spiro atoms. The van der Waals surface area contributed by atoms with Crippen LogP contribution in [0.4, 0.5) is 24.5 Å². The second kappa shape index (κ2) is 20.9. The molecule has 0 aliphatic carbocycles. The molecule has 1 aliphatic heterocycles. The van der Waals surface area contributed by atoms with Crippen LogP contribution in [0.1, 0.15) is 62.4 Å². The fraction of sp³-hybridized carbons (Fsp3) is 0.395. The first-order valence-corrected chi connectivity index (χ1v) is 18.7. The number of aromatic nitrogens is 3. The first-order chi connectivity index (χ1) is 26.6. The molecular weight excluding hydrogens is 762 g/mol. The first-order valence-electron chi connectivity index (χ1n) is 17.8. The molecule has 2 N–H and O–H groups in total. The number of alkyl halides is 4. The van der Waals surface area contributed by atoms with Gasteiger partial charge in [-0.3, -0.25) is 9.59 Å². The number of carbonyl (C=O) groups is 2. The van der Waals surface area contributed by atoms with Gasteiger partial charge in [-0.15, -0.1) is 16.7 Å². The van der Waals surface area contributed by atoms with Crippen molar-refractivity contribution >= 4 is 52.6 Å². The van der Waals surface area contributed by atoms with Crippen LogP contribution in [-0.2, 0) is 33.4 Å². The Labute approximate surface area is 326 Å². The largest absolute Gasteiger partial charge is 0.417 e. The van der Waals surface area contributed by atoms with Crippen LogP contribution in [0.2, 0.25) is 5.02 Å². The average Bonchev–Trinajstić information content (AvgIpc) is 3.63. The van der Waals surface area contributed by atoms with Crippen LogP contribution in [0.25, 0.3) is 0 Å². The molecule has 0 atom stereocenters. The standard InChI is InChI=1S/C38H42Cl2F3N7O5/c39-12-16-54-18-20-55-19-17-53-15-11-30-26-50(48-46-30)25-28-5-4-6-29(21-28)36(51)45-35-10-8-31(49-13-2-1-3-14-49)23-32(35)37(52)47-44-24-27-7-9-34(40)33(22-27)38(41,42)43/h4-10,21-24,26H,1-3,11-20,25H2,(H,45,51)(H,47,52)/b44-24+. The van der Waals surface area contributed by atoms with E-state index in [-0.39, 0.29) is 16.8 Å². The molecule has 17 heteroatoms. The SMILES string of the molecule is O=C(Nc1ccc(N2CCCCC2)cc1C(=O)N/N=C/c1ccc(Cl)c(C(F)(F)F)c1)c1cccc(Cn2cc(CCOCCOCCOCCCl)nn2)c1. The fourth-order valence-electron chi connectivity index (χ4n) is 5.74. The highest BCUT2D eigenvalue weighted by atomic mass is 35.5. The minimum atomic E-state index is -4.65. The van der Waals surface area contributed by atoms with E-state index in [1.54, 1.807) is 35.0 Å². The third-order valence-electron chi connectivity index (χ3n) is 8.48. The van der Waals surface area contributed by atoms with Crippen LogP contribution < -0.4 is 15.6 Å². The van der Waals surface area contributed by atoms with Crippen LogP contribution in [-0.4, -0.2) is 91.6 Å². The molecule has 1 saturated heterocycles. The van der Waals surface area contributed by atoms with E-state index < -0.39 is 28.6 Å². The Balaban J connectivity index is 1.20. The highest BCUT2D eigenvalue weighted by Gasteiger charge is 2.33. The second-order valence-electron chi connectivity index (χ2n) is 12.6. The van der Waals surface area contributed by atoms with E-state index in [1.807, 2.05) is 18.3 Å². The molecular formula is C38H42Cl2F3N7O5. The monoisotopic (exact) mass is 803 g/mol. The molecule has 0 unspecified atom stereocenters. The highest BCUT2D eigenvalue weighted by Crippen LogP contribution is 2.35. The van der Waals surface area contributed by atoms with Crippen molar-refractivity contribution in [2.75, 3.05) is 68.8 Å². The molecule has 1 fully saturated rings. The highest BCUT2D eigenvalue weighted by molar-refractivity contribution is 6.31. The number of anilines is 2. The predicted octanol–water partition coefficient (Wildman–Crippen LogP) is 6.84. The third kappa shape index (κ3) is 13.0. The van der Waals surface area contributed by atoms with Gasteiger partial charge in [0.15, 0.2) is 0 Å². The van der Waals surface area contributed by atoms with E-state index in [9.17, 15) is 22.8 Å². The Morgan fingerprint density at radius 2 is 1.64 bits per heavy atom. The van der Waals surface area contributed by atoms with Gasteiger partial charge >= 0.3 is 6.18 Å². The lowest BCUT2D eigenvalue weighted by Gasteiger charge is -2.29. The Morgan fingerprint density at radius 1 is 0.891 bits per heavy atom. The summed E-state index contributed by atoms with van der Waals surface area (Å²) in [6.07, 6.45) is 1.96. The summed E-state index contributed by atoms with van der Waals surface area (Å²) in [5.41, 5.74) is 4.54. The Kier molecular flexibility index (Phi) is 15.9. The van der Waals surface area contributed by atoms with Crippen molar-refractivity contribution in [2.45, 2.75) is 38.4 Å². The van der Waals surface area contributed by atoms with Crippen molar-refractivity contribution in [2.24, 2.45) is 5.10 Å². The van der Waals surface area contributed by atoms with Crippen LogP contribution in [0, 0.1) is 0 Å². The molecule has 2 heterocycles. The zero-order chi connectivity index (χ0) is 39.0. The van der Waals surface area contributed by atoms with Crippen LogP contribution >= 0.6 is 23.2 Å². The average molecular weight is 805 g/mol. The molecule has 2 amide bonds. The number of piperidine rings is 1. The summed E-state index contributed by atoms with van der Waals surface area (Å²) in [5.74, 6) is -0.656. The summed E-state index contributed by atoms with van der Waals surface area (Å²) in [6.45, 7) is 4.82. The van der Waals surface area contributed by atoms with E-state index >= 15 is 0 Å². The Hall–Kier alpha value is -4.54. The summed E-state index contributed by atoms with van der Waals surface area (Å²) in [7, 11) is 0. The van der Waals surface area contributed by atoms with Gasteiger partial charge in [0.05, 0.1) is 79.9 Å². The van der Waals surface area contributed by atoms with E-state index in [0.29, 0.717) is 64.1 Å². The minimum absolute atomic E-state index is 0.0851. The molecule has 294 valence electrons. The molecule has 0 radical (unpaired) electrons. The Morgan fingerprint density at radius 3 is 2.38 bits per heavy atom. The van der Waals surface area contributed by atoms with Crippen LogP contribution in [0.3, 0.4) is 0 Å². The number of ether oxygens (including phenoxy) is 3. The normalized spacial score (nSPS) is 13.4. The zero-order valence-electron chi connectivity index (χ0n) is 30.0. The molecule has 0 bridgehead atoms. The molecule has 0 saturated carbocycles. The number of carbonyl (C=O) groups excluding carboxylic acids is 2. The molecule has 1 aliphatic rings. The van der Waals surface area contributed by atoms with Gasteiger partial charge in [0, 0.05) is 42.8 Å². The summed E-state index contributed by atoms with van der Waals surface area (Å²) in [6, 6.07) is 15.5. The number of benzene rings is 3. The van der Waals surface area contributed by atoms with Gasteiger partial charge in [-0.05, 0) is 72.9 Å². The maximum atomic E-state index is 13.5. The van der Waals surface area contributed by atoms with Crippen LogP contribution in [0.15, 0.2) is 72.0 Å². The van der Waals surface area contributed by atoms with Crippen molar-refractivity contribution < 1.29 is 37.0 Å². The lowest BCUT2D eigenvalue weighted by atomic mass is 10.1. The van der Waals surface area contributed by atoms with Gasteiger partial charge in [0.1, 0.15) is 0 Å². The Bertz CT molecular complexity index is 1900. The van der Waals surface area contributed by atoms with Crippen molar-refractivity contribution in [3.8, 4) is 0 Å². The first kappa shape index (κ1) is 41.6. The molecule has 12 nitrogen and oxygen atoms in total. The van der Waals surface area contributed by atoms with Gasteiger partial charge in [-0.2, -0.15) is 18.3 Å². The zero-order valence-corrected chi connectivity index (χ0v) is 31.5. The van der Waals surface area contributed by atoms with E-state index in [1.165, 1.54) is 6.07 Å². The minimum Gasteiger partial charge on any atom is -0.379 e.